The number of hydrogen-bond acceptors (Lipinski definition) is 6. The van der Waals surface area contributed by atoms with Gasteiger partial charge in [0.2, 0.25) is 0 Å². The molecule has 0 aliphatic rings. The number of carbonyl (C=O) groups excluding carboxylic acids is 3. The predicted octanol–water partition coefficient (Wildman–Crippen LogP) is 17.7. The van der Waals surface area contributed by atoms with Gasteiger partial charge >= 0.3 is 17.9 Å². The number of ether oxygens (including phenoxy) is 3. The maximum Gasteiger partial charge on any atom is 0.306 e. The second-order valence-corrected chi connectivity index (χ2v) is 19.6. The Kier molecular flexibility index (Phi) is 46.6. The average Bonchev–Trinajstić information content (AvgIpc) is 3.24. The van der Waals surface area contributed by atoms with E-state index in [0.717, 1.165) is 69.6 Å². The molecule has 0 saturated heterocycles. The highest BCUT2D eigenvalue weighted by molar-refractivity contribution is 5.71. The fourth-order valence-electron chi connectivity index (χ4n) is 8.31. The lowest BCUT2D eigenvalue weighted by atomic mass is 9.99. The molecule has 0 aliphatic heterocycles. The molecule has 0 spiro atoms. The lowest BCUT2D eigenvalue weighted by Crippen LogP contribution is -2.30. The molecule has 0 radical (unpaired) electrons. The molecule has 0 saturated carbocycles. The van der Waals surface area contributed by atoms with Crippen molar-refractivity contribution >= 4 is 17.9 Å². The highest BCUT2D eigenvalue weighted by Crippen LogP contribution is 2.18. The van der Waals surface area contributed by atoms with Crippen molar-refractivity contribution in [2.75, 3.05) is 13.2 Å². The number of esters is 3. The standard InChI is InChI=1S/C55H106O6/c1-6-8-9-10-11-12-25-32-37-42-47-55(58)61-52(49-60-54(57)46-41-36-31-27-22-18-17-19-23-28-33-38-43-50(3)4)48-59-53(56)45-40-35-30-26-21-16-14-13-15-20-24-29-34-39-44-51(5)7-2/h50-52H,6-49H2,1-5H3/t51?,52-/m0/s1. The molecule has 0 aromatic rings. The lowest BCUT2D eigenvalue weighted by molar-refractivity contribution is -0.167. The SMILES string of the molecule is CCCCCCCCCCCCC(=O)O[C@@H](COC(=O)CCCCCCCCCCCCCCCCC(C)CC)COC(=O)CCCCCCCCCCCCCCC(C)C. The van der Waals surface area contributed by atoms with E-state index in [1.54, 1.807) is 0 Å². The smallest absolute Gasteiger partial charge is 0.306 e. The summed E-state index contributed by atoms with van der Waals surface area (Å²) in [6.45, 7) is 11.4. The fraction of sp³-hybridized carbons (Fsp3) is 0.945. The van der Waals surface area contributed by atoms with Crippen LogP contribution >= 0.6 is 0 Å². The molecule has 362 valence electrons. The Morgan fingerprint density at radius 3 is 0.934 bits per heavy atom. The minimum atomic E-state index is -0.761. The van der Waals surface area contributed by atoms with E-state index in [0.29, 0.717) is 19.3 Å². The minimum absolute atomic E-state index is 0.0632. The van der Waals surface area contributed by atoms with Crippen molar-refractivity contribution in [1.29, 1.82) is 0 Å². The summed E-state index contributed by atoms with van der Waals surface area (Å²) in [4.78, 5) is 38.0. The molecule has 0 bridgehead atoms. The summed E-state index contributed by atoms with van der Waals surface area (Å²) in [5.74, 6) is 0.884. The largest absolute Gasteiger partial charge is 0.462 e. The van der Waals surface area contributed by atoms with Gasteiger partial charge in [-0.05, 0) is 31.1 Å². The van der Waals surface area contributed by atoms with Crippen molar-refractivity contribution in [3.8, 4) is 0 Å². The van der Waals surface area contributed by atoms with E-state index in [-0.39, 0.29) is 31.1 Å². The summed E-state index contributed by atoms with van der Waals surface area (Å²) < 4.78 is 16.8. The summed E-state index contributed by atoms with van der Waals surface area (Å²) in [7, 11) is 0. The van der Waals surface area contributed by atoms with Gasteiger partial charge in [-0.1, -0.05) is 266 Å². The first-order valence-electron chi connectivity index (χ1n) is 27.3. The van der Waals surface area contributed by atoms with E-state index < -0.39 is 6.10 Å². The lowest BCUT2D eigenvalue weighted by Gasteiger charge is -2.18. The number of carbonyl (C=O) groups is 3. The van der Waals surface area contributed by atoms with Crippen LogP contribution in [0.25, 0.3) is 0 Å². The minimum Gasteiger partial charge on any atom is -0.462 e. The Bertz CT molecular complexity index is 933. The van der Waals surface area contributed by atoms with Gasteiger partial charge in [0.1, 0.15) is 13.2 Å². The zero-order valence-corrected chi connectivity index (χ0v) is 41.8. The quantitative estimate of drug-likeness (QED) is 0.0344. The van der Waals surface area contributed by atoms with Gasteiger partial charge in [0.15, 0.2) is 6.10 Å². The molecular weight excluding hydrogens is 757 g/mol. The Morgan fingerprint density at radius 1 is 0.344 bits per heavy atom. The molecule has 0 N–H and O–H groups in total. The fourth-order valence-corrected chi connectivity index (χ4v) is 8.31. The molecule has 6 heteroatoms. The van der Waals surface area contributed by atoms with Crippen LogP contribution < -0.4 is 0 Å². The van der Waals surface area contributed by atoms with Gasteiger partial charge in [0, 0.05) is 19.3 Å². The van der Waals surface area contributed by atoms with Gasteiger partial charge in [0.25, 0.3) is 0 Å². The molecular formula is C55H106O6. The number of unbranched alkanes of at least 4 members (excludes halogenated alkanes) is 33. The zero-order chi connectivity index (χ0) is 44.7. The molecule has 0 heterocycles. The average molecular weight is 863 g/mol. The zero-order valence-electron chi connectivity index (χ0n) is 41.8. The second-order valence-electron chi connectivity index (χ2n) is 19.6. The Balaban J connectivity index is 4.24. The van der Waals surface area contributed by atoms with E-state index >= 15 is 0 Å². The van der Waals surface area contributed by atoms with Crippen molar-refractivity contribution in [3.05, 3.63) is 0 Å². The molecule has 2 atom stereocenters. The van der Waals surface area contributed by atoms with Gasteiger partial charge in [-0.2, -0.15) is 0 Å². The summed E-state index contributed by atoms with van der Waals surface area (Å²) in [5, 5.41) is 0. The highest BCUT2D eigenvalue weighted by atomic mass is 16.6. The maximum atomic E-state index is 12.8. The van der Waals surface area contributed by atoms with Gasteiger partial charge < -0.3 is 14.2 Å². The first-order chi connectivity index (χ1) is 29.8. The molecule has 0 aromatic carbocycles. The van der Waals surface area contributed by atoms with Crippen molar-refractivity contribution in [2.45, 2.75) is 310 Å². The maximum absolute atomic E-state index is 12.8. The third-order valence-electron chi connectivity index (χ3n) is 12.8. The first-order valence-corrected chi connectivity index (χ1v) is 27.3. The van der Waals surface area contributed by atoms with E-state index in [9.17, 15) is 14.4 Å². The predicted molar refractivity (Wildman–Crippen MR) is 261 cm³/mol. The first kappa shape index (κ1) is 59.4. The Hall–Kier alpha value is -1.59. The second kappa shape index (κ2) is 47.9. The Morgan fingerprint density at radius 2 is 0.623 bits per heavy atom. The van der Waals surface area contributed by atoms with Crippen LogP contribution in [0.3, 0.4) is 0 Å². The summed E-state index contributed by atoms with van der Waals surface area (Å²) in [5.41, 5.74) is 0. The van der Waals surface area contributed by atoms with Gasteiger partial charge in [-0.25, -0.2) is 0 Å². The molecule has 0 fully saturated rings. The highest BCUT2D eigenvalue weighted by Gasteiger charge is 2.19. The van der Waals surface area contributed by atoms with Crippen LogP contribution in [-0.4, -0.2) is 37.2 Å². The molecule has 61 heavy (non-hydrogen) atoms. The molecule has 0 aliphatic carbocycles. The van der Waals surface area contributed by atoms with Crippen LogP contribution in [0.15, 0.2) is 0 Å². The van der Waals surface area contributed by atoms with Crippen molar-refractivity contribution < 1.29 is 28.6 Å². The van der Waals surface area contributed by atoms with Crippen molar-refractivity contribution in [3.63, 3.8) is 0 Å². The summed E-state index contributed by atoms with van der Waals surface area (Å²) >= 11 is 0. The van der Waals surface area contributed by atoms with Crippen LogP contribution in [0, 0.1) is 11.8 Å². The third kappa shape index (κ3) is 47.7. The number of hydrogen-bond donors (Lipinski definition) is 0. The van der Waals surface area contributed by atoms with E-state index in [1.807, 2.05) is 0 Å². The molecule has 0 aromatic heterocycles. The summed E-state index contributed by atoms with van der Waals surface area (Å²) in [6, 6.07) is 0. The van der Waals surface area contributed by atoms with Gasteiger partial charge in [-0.15, -0.1) is 0 Å². The van der Waals surface area contributed by atoms with Gasteiger partial charge in [0.05, 0.1) is 0 Å². The van der Waals surface area contributed by atoms with E-state index in [2.05, 4.69) is 34.6 Å². The monoisotopic (exact) mass is 863 g/mol. The van der Waals surface area contributed by atoms with E-state index in [4.69, 9.17) is 14.2 Å². The van der Waals surface area contributed by atoms with Gasteiger partial charge in [-0.3, -0.25) is 14.4 Å². The van der Waals surface area contributed by atoms with Crippen LogP contribution in [0.1, 0.15) is 304 Å². The third-order valence-corrected chi connectivity index (χ3v) is 12.8. The van der Waals surface area contributed by atoms with Crippen molar-refractivity contribution in [1.82, 2.24) is 0 Å². The van der Waals surface area contributed by atoms with Crippen LogP contribution in [0.5, 0.6) is 0 Å². The summed E-state index contributed by atoms with van der Waals surface area (Å²) in [6.07, 6.45) is 49.4. The molecule has 0 amide bonds. The molecule has 6 nitrogen and oxygen atoms in total. The van der Waals surface area contributed by atoms with E-state index in [1.165, 1.54) is 193 Å². The van der Waals surface area contributed by atoms with Crippen LogP contribution in [0.2, 0.25) is 0 Å². The van der Waals surface area contributed by atoms with Crippen LogP contribution in [-0.2, 0) is 28.6 Å². The number of rotatable bonds is 49. The normalized spacial score (nSPS) is 12.5. The topological polar surface area (TPSA) is 78.9 Å². The van der Waals surface area contributed by atoms with Crippen molar-refractivity contribution in [2.24, 2.45) is 11.8 Å². The molecule has 0 rings (SSSR count). The molecule has 1 unspecified atom stereocenters. The Labute approximate surface area is 380 Å². The van der Waals surface area contributed by atoms with Crippen LogP contribution in [0.4, 0.5) is 0 Å².